The average Bonchev–Trinajstić information content (AvgIpc) is 2.77. The normalized spacial score (nSPS) is 13.5. The van der Waals surface area contributed by atoms with Gasteiger partial charge >= 0.3 is 0 Å². The van der Waals surface area contributed by atoms with Gasteiger partial charge in [-0.15, -0.1) is 11.3 Å². The van der Waals surface area contributed by atoms with Gasteiger partial charge in [0.2, 0.25) is 0 Å². The number of hydrogen-bond donors (Lipinski definition) is 1. The number of hydrogen-bond acceptors (Lipinski definition) is 2. The maximum Gasteiger partial charge on any atom is 0.123 e. The Morgan fingerprint density at radius 2 is 1.84 bits per heavy atom. The van der Waals surface area contributed by atoms with Gasteiger partial charge in [-0.3, -0.25) is 0 Å². The van der Waals surface area contributed by atoms with Crippen LogP contribution in [0.4, 0.5) is 4.39 Å². The molecule has 0 aliphatic carbocycles. The summed E-state index contributed by atoms with van der Waals surface area (Å²) < 4.78 is 13.1. The molecule has 1 unspecified atom stereocenters. The van der Waals surface area contributed by atoms with Crippen LogP contribution in [0.3, 0.4) is 0 Å². The van der Waals surface area contributed by atoms with Crippen LogP contribution < -0.4 is 5.32 Å². The maximum absolute atomic E-state index is 13.1. The van der Waals surface area contributed by atoms with Crippen molar-refractivity contribution in [2.45, 2.75) is 32.2 Å². The second-order valence-electron chi connectivity index (χ2n) is 5.44. The minimum absolute atomic E-state index is 0.101. The number of aryl methyl sites for hydroxylation is 1. The van der Waals surface area contributed by atoms with Gasteiger partial charge in [-0.2, -0.15) is 0 Å². The first-order valence-electron chi connectivity index (χ1n) is 6.43. The van der Waals surface area contributed by atoms with Crippen LogP contribution in [0.25, 0.3) is 0 Å². The van der Waals surface area contributed by atoms with Crippen molar-refractivity contribution in [3.8, 4) is 0 Å². The van der Waals surface area contributed by atoms with Crippen LogP contribution in [0.5, 0.6) is 0 Å². The summed E-state index contributed by atoms with van der Waals surface area (Å²) in [6.45, 7) is 6.49. The summed E-state index contributed by atoms with van der Waals surface area (Å²) in [6.07, 6.45) is 0. The molecule has 1 aromatic carbocycles. The molecule has 0 fully saturated rings. The van der Waals surface area contributed by atoms with Crippen molar-refractivity contribution in [1.82, 2.24) is 5.32 Å². The molecule has 0 radical (unpaired) electrons. The first-order chi connectivity index (χ1) is 8.95. The van der Waals surface area contributed by atoms with Crippen LogP contribution in [0.2, 0.25) is 0 Å². The molecule has 1 atom stereocenters. The fourth-order valence-corrected chi connectivity index (χ4v) is 3.34. The summed E-state index contributed by atoms with van der Waals surface area (Å²) in [4.78, 5) is 1.31. The van der Waals surface area contributed by atoms with E-state index in [1.54, 1.807) is 11.3 Å². The van der Waals surface area contributed by atoms with Crippen LogP contribution in [-0.4, -0.2) is 7.05 Å². The summed E-state index contributed by atoms with van der Waals surface area (Å²) in [5.74, 6) is -0.188. The molecule has 102 valence electrons. The molecule has 1 heterocycles. The van der Waals surface area contributed by atoms with Crippen molar-refractivity contribution in [2.75, 3.05) is 7.05 Å². The SMILES string of the molecule is CNC(c1csc(C)c1)C(C)(C)c1ccc(F)cc1. The molecule has 0 aliphatic heterocycles. The number of nitrogens with one attached hydrogen (secondary N) is 1. The molecule has 1 aromatic heterocycles. The topological polar surface area (TPSA) is 12.0 Å². The Kier molecular flexibility index (Phi) is 4.07. The highest BCUT2D eigenvalue weighted by Crippen LogP contribution is 2.38. The maximum atomic E-state index is 13.1. The van der Waals surface area contributed by atoms with Crippen molar-refractivity contribution in [2.24, 2.45) is 0 Å². The molecule has 0 amide bonds. The van der Waals surface area contributed by atoms with E-state index in [0.717, 1.165) is 5.56 Å². The van der Waals surface area contributed by atoms with Gasteiger partial charge in [-0.25, -0.2) is 4.39 Å². The molecule has 2 rings (SSSR count). The molecule has 0 saturated heterocycles. The molecule has 0 bridgehead atoms. The molecule has 0 saturated carbocycles. The van der Waals surface area contributed by atoms with Crippen molar-refractivity contribution in [3.63, 3.8) is 0 Å². The predicted molar refractivity (Wildman–Crippen MR) is 80.3 cm³/mol. The quantitative estimate of drug-likeness (QED) is 0.871. The van der Waals surface area contributed by atoms with Gasteiger partial charge in [0, 0.05) is 16.3 Å². The van der Waals surface area contributed by atoms with E-state index in [-0.39, 0.29) is 17.3 Å². The number of halogens is 1. The summed E-state index contributed by atoms with van der Waals surface area (Å²) in [5, 5.41) is 5.59. The lowest BCUT2D eigenvalue weighted by Gasteiger charge is -2.34. The second kappa shape index (κ2) is 5.43. The zero-order chi connectivity index (χ0) is 14.0. The zero-order valence-corrected chi connectivity index (χ0v) is 12.6. The van der Waals surface area contributed by atoms with Gasteiger partial charge in [0.1, 0.15) is 5.82 Å². The minimum Gasteiger partial charge on any atom is -0.312 e. The zero-order valence-electron chi connectivity index (χ0n) is 11.8. The van der Waals surface area contributed by atoms with Gasteiger partial charge in [-0.05, 0) is 48.7 Å². The summed E-state index contributed by atoms with van der Waals surface area (Å²) >= 11 is 1.76. The third-order valence-corrected chi connectivity index (χ3v) is 4.56. The van der Waals surface area contributed by atoms with E-state index in [4.69, 9.17) is 0 Å². The lowest BCUT2D eigenvalue weighted by atomic mass is 9.75. The fraction of sp³-hybridized carbons (Fsp3) is 0.375. The molecule has 0 aliphatic rings. The molecule has 1 nitrogen and oxygen atoms in total. The van der Waals surface area contributed by atoms with Gasteiger partial charge in [0.15, 0.2) is 0 Å². The van der Waals surface area contributed by atoms with Crippen LogP contribution in [0, 0.1) is 12.7 Å². The third kappa shape index (κ3) is 2.88. The molecule has 0 spiro atoms. The van der Waals surface area contributed by atoms with Gasteiger partial charge < -0.3 is 5.32 Å². The van der Waals surface area contributed by atoms with Gasteiger partial charge in [-0.1, -0.05) is 26.0 Å². The van der Waals surface area contributed by atoms with Gasteiger partial charge in [0.25, 0.3) is 0 Å². The Morgan fingerprint density at radius 3 is 2.32 bits per heavy atom. The van der Waals surface area contributed by atoms with Crippen LogP contribution >= 0.6 is 11.3 Å². The highest BCUT2D eigenvalue weighted by Gasteiger charge is 2.31. The first kappa shape index (κ1) is 14.2. The van der Waals surface area contributed by atoms with Crippen molar-refractivity contribution < 1.29 is 4.39 Å². The van der Waals surface area contributed by atoms with E-state index < -0.39 is 0 Å². The summed E-state index contributed by atoms with van der Waals surface area (Å²) in [7, 11) is 1.98. The largest absolute Gasteiger partial charge is 0.312 e. The van der Waals surface area contributed by atoms with Crippen LogP contribution in [0.15, 0.2) is 35.7 Å². The first-order valence-corrected chi connectivity index (χ1v) is 7.31. The Morgan fingerprint density at radius 1 is 1.21 bits per heavy atom. The van der Waals surface area contributed by atoms with E-state index in [2.05, 4.69) is 37.5 Å². The number of thiophene rings is 1. The van der Waals surface area contributed by atoms with Crippen molar-refractivity contribution in [3.05, 3.63) is 57.5 Å². The van der Waals surface area contributed by atoms with Crippen molar-refractivity contribution >= 4 is 11.3 Å². The lowest BCUT2D eigenvalue weighted by molar-refractivity contribution is 0.369. The van der Waals surface area contributed by atoms with E-state index in [0.29, 0.717) is 0 Å². The van der Waals surface area contributed by atoms with Gasteiger partial charge in [0.05, 0.1) is 0 Å². The number of benzene rings is 1. The fourth-order valence-electron chi connectivity index (χ4n) is 2.61. The predicted octanol–water partition coefficient (Wildman–Crippen LogP) is 4.43. The highest BCUT2D eigenvalue weighted by molar-refractivity contribution is 7.10. The minimum atomic E-state index is -0.188. The van der Waals surface area contributed by atoms with Crippen LogP contribution in [-0.2, 0) is 5.41 Å². The van der Waals surface area contributed by atoms with E-state index in [9.17, 15) is 4.39 Å². The summed E-state index contributed by atoms with van der Waals surface area (Å²) in [6, 6.07) is 9.24. The lowest BCUT2D eigenvalue weighted by Crippen LogP contribution is -2.35. The molecular weight excluding hydrogens is 257 g/mol. The molecule has 2 aromatic rings. The van der Waals surface area contributed by atoms with Crippen molar-refractivity contribution in [1.29, 1.82) is 0 Å². The van der Waals surface area contributed by atoms with E-state index in [1.807, 2.05) is 19.2 Å². The molecule has 1 N–H and O–H groups in total. The Hall–Kier alpha value is -1.19. The molecule has 3 heteroatoms. The Bertz CT molecular complexity index is 542. The number of rotatable bonds is 4. The smallest absolute Gasteiger partial charge is 0.123 e. The Balaban J connectivity index is 2.38. The highest BCUT2D eigenvalue weighted by atomic mass is 32.1. The number of likely N-dealkylation sites (N-methyl/N-ethyl adjacent to an activating group) is 1. The third-order valence-electron chi connectivity index (χ3n) is 3.68. The molecular formula is C16H20FNS. The Labute approximate surface area is 118 Å². The monoisotopic (exact) mass is 277 g/mol. The average molecular weight is 277 g/mol. The second-order valence-corrected chi connectivity index (χ2v) is 6.56. The standard InChI is InChI=1S/C16H20FNS/c1-11-9-12(10-19-11)15(18-4)16(2,3)13-5-7-14(17)8-6-13/h5-10,15,18H,1-4H3. The van der Waals surface area contributed by atoms with E-state index in [1.165, 1.54) is 22.6 Å². The van der Waals surface area contributed by atoms with E-state index >= 15 is 0 Å². The summed E-state index contributed by atoms with van der Waals surface area (Å²) in [5.41, 5.74) is 2.33. The molecule has 19 heavy (non-hydrogen) atoms. The van der Waals surface area contributed by atoms with Crippen LogP contribution in [0.1, 0.15) is 35.9 Å².